The molecule has 3 aliphatic carbocycles. The van der Waals surface area contributed by atoms with E-state index in [2.05, 4.69) is 33.6 Å². The molecule has 3 fully saturated rings. The van der Waals surface area contributed by atoms with E-state index < -0.39 is 11.1 Å². The van der Waals surface area contributed by atoms with Gasteiger partial charge in [0.05, 0.1) is 11.5 Å². The van der Waals surface area contributed by atoms with E-state index in [9.17, 15) is 9.18 Å². The number of likely N-dealkylation sites (tertiary alicyclic amines) is 1. The van der Waals surface area contributed by atoms with Gasteiger partial charge in [0.15, 0.2) is 0 Å². The first-order chi connectivity index (χ1) is 14.5. The van der Waals surface area contributed by atoms with Crippen molar-refractivity contribution in [2.24, 2.45) is 11.3 Å². The monoisotopic (exact) mass is 401 g/mol. The number of halogens is 1. The molecule has 0 N–H and O–H groups in total. The van der Waals surface area contributed by atoms with E-state index in [0.29, 0.717) is 43.9 Å². The van der Waals surface area contributed by atoms with Gasteiger partial charge in [-0.15, -0.1) is 0 Å². The van der Waals surface area contributed by atoms with Gasteiger partial charge in [-0.1, -0.05) is 18.8 Å². The van der Waals surface area contributed by atoms with Gasteiger partial charge < -0.3 is 4.90 Å². The Balaban J connectivity index is 1.33. The topological polar surface area (TPSA) is 46.1 Å². The molecule has 5 heteroatoms. The third kappa shape index (κ3) is 2.43. The summed E-state index contributed by atoms with van der Waals surface area (Å²) in [5.41, 5.74) is 2.61. The van der Waals surface area contributed by atoms with E-state index in [-0.39, 0.29) is 11.9 Å². The molecule has 152 valence electrons. The second-order valence-electron chi connectivity index (χ2n) is 9.70. The minimum absolute atomic E-state index is 0.0692. The molecular formula is C25H24FN3O. The van der Waals surface area contributed by atoms with Gasteiger partial charge in [-0.3, -0.25) is 14.8 Å². The van der Waals surface area contributed by atoms with Crippen LogP contribution < -0.4 is 0 Å². The van der Waals surface area contributed by atoms with Crippen LogP contribution >= 0.6 is 0 Å². The molecule has 1 saturated heterocycles. The lowest BCUT2D eigenvalue weighted by molar-refractivity contribution is -0.143. The van der Waals surface area contributed by atoms with Crippen molar-refractivity contribution >= 4 is 5.91 Å². The highest BCUT2D eigenvalue weighted by molar-refractivity contribution is 5.85. The fourth-order valence-electron chi connectivity index (χ4n) is 6.46. The van der Waals surface area contributed by atoms with Gasteiger partial charge in [-0.2, -0.15) is 0 Å². The Kier molecular flexibility index (Phi) is 3.69. The molecule has 0 radical (unpaired) electrons. The van der Waals surface area contributed by atoms with Gasteiger partial charge in [-0.25, -0.2) is 4.39 Å². The molecule has 6 rings (SSSR count). The summed E-state index contributed by atoms with van der Waals surface area (Å²) in [5.74, 6) is 7.30. The first-order valence-electron chi connectivity index (χ1n) is 10.9. The lowest BCUT2D eigenvalue weighted by Gasteiger charge is -2.42. The Morgan fingerprint density at radius 2 is 2.00 bits per heavy atom. The lowest BCUT2D eigenvalue weighted by Crippen LogP contribution is -2.44. The Hall–Kier alpha value is -2.74. The highest BCUT2D eigenvalue weighted by Gasteiger charge is 2.62. The van der Waals surface area contributed by atoms with Crippen LogP contribution in [0.15, 0.2) is 36.9 Å². The van der Waals surface area contributed by atoms with Gasteiger partial charge in [0.25, 0.3) is 0 Å². The van der Waals surface area contributed by atoms with E-state index in [1.165, 1.54) is 5.56 Å². The molecule has 30 heavy (non-hydrogen) atoms. The van der Waals surface area contributed by atoms with Gasteiger partial charge in [0.1, 0.15) is 5.67 Å². The highest BCUT2D eigenvalue weighted by atomic mass is 19.1. The minimum atomic E-state index is -1.10. The maximum atomic E-state index is 14.8. The van der Waals surface area contributed by atoms with Crippen molar-refractivity contribution in [3.8, 4) is 11.8 Å². The second kappa shape index (κ2) is 6.14. The van der Waals surface area contributed by atoms with Crippen molar-refractivity contribution in [2.75, 3.05) is 6.54 Å². The van der Waals surface area contributed by atoms with Crippen LogP contribution in [0.2, 0.25) is 0 Å². The summed E-state index contributed by atoms with van der Waals surface area (Å²) >= 11 is 0. The molecule has 0 aromatic carbocycles. The first-order valence-corrected chi connectivity index (χ1v) is 10.9. The summed E-state index contributed by atoms with van der Waals surface area (Å²) in [6, 6.07) is 3.89. The predicted octanol–water partition coefficient (Wildman–Crippen LogP) is 4.17. The molecule has 4 aliphatic rings. The number of carbonyl (C=O) groups is 1. The van der Waals surface area contributed by atoms with Crippen molar-refractivity contribution in [2.45, 2.75) is 56.7 Å². The maximum Gasteiger partial charge on any atom is 0.229 e. The molecule has 1 unspecified atom stereocenters. The van der Waals surface area contributed by atoms with E-state index in [1.54, 1.807) is 12.4 Å². The Morgan fingerprint density at radius 1 is 1.17 bits per heavy atom. The third-order valence-corrected chi connectivity index (χ3v) is 7.92. The molecule has 2 bridgehead atoms. The van der Waals surface area contributed by atoms with Crippen molar-refractivity contribution in [3.05, 3.63) is 59.2 Å². The summed E-state index contributed by atoms with van der Waals surface area (Å²) in [5, 5.41) is 0. The Morgan fingerprint density at radius 3 is 2.70 bits per heavy atom. The molecule has 0 spiro atoms. The zero-order valence-corrected chi connectivity index (χ0v) is 17.1. The van der Waals surface area contributed by atoms with Gasteiger partial charge >= 0.3 is 0 Å². The van der Waals surface area contributed by atoms with Crippen LogP contribution in [0.25, 0.3) is 0 Å². The van der Waals surface area contributed by atoms with Crippen LogP contribution in [-0.2, 0) is 4.79 Å². The van der Waals surface area contributed by atoms with E-state index in [0.717, 1.165) is 23.2 Å². The van der Waals surface area contributed by atoms with E-state index >= 15 is 0 Å². The van der Waals surface area contributed by atoms with Gasteiger partial charge in [0, 0.05) is 48.4 Å². The summed E-state index contributed by atoms with van der Waals surface area (Å²) in [4.78, 5) is 24.2. The second-order valence-corrected chi connectivity index (χ2v) is 9.70. The Labute approximate surface area is 175 Å². The number of hydrogen-bond donors (Lipinski definition) is 0. The lowest BCUT2D eigenvalue weighted by atomic mass is 9.68. The number of pyridine rings is 2. The molecule has 3 heterocycles. The maximum absolute atomic E-state index is 14.8. The molecule has 1 aliphatic heterocycles. The van der Waals surface area contributed by atoms with Gasteiger partial charge in [-0.05, 0) is 61.3 Å². The van der Waals surface area contributed by atoms with Crippen LogP contribution in [0, 0.1) is 23.2 Å². The number of alkyl halides is 1. The summed E-state index contributed by atoms with van der Waals surface area (Å²) < 4.78 is 14.8. The average Bonchev–Trinajstić information content (AvgIpc) is 3.37. The quantitative estimate of drug-likeness (QED) is 0.674. The molecule has 2 aromatic heterocycles. The molecule has 1 amide bonds. The fourth-order valence-corrected chi connectivity index (χ4v) is 6.46. The summed E-state index contributed by atoms with van der Waals surface area (Å²) in [6.07, 6.45) is 10.1. The van der Waals surface area contributed by atoms with Crippen LogP contribution in [0.3, 0.4) is 0 Å². The van der Waals surface area contributed by atoms with Crippen LogP contribution in [0.4, 0.5) is 4.39 Å². The average molecular weight is 401 g/mol. The fraction of sp³-hybridized carbons (Fsp3) is 0.480. The van der Waals surface area contributed by atoms with Gasteiger partial charge in [0.2, 0.25) is 5.91 Å². The largest absolute Gasteiger partial charge is 0.334 e. The van der Waals surface area contributed by atoms with Crippen LogP contribution in [0.1, 0.15) is 73.2 Å². The van der Waals surface area contributed by atoms with Crippen LogP contribution in [-0.4, -0.2) is 33.0 Å². The smallest absolute Gasteiger partial charge is 0.229 e. The normalized spacial score (nSPS) is 35.3. The molecule has 3 atom stereocenters. The zero-order chi connectivity index (χ0) is 20.5. The number of fused-ring (bicyclic) bond motifs is 6. The number of nitrogens with zero attached hydrogens (tertiary/aromatic N) is 3. The first kappa shape index (κ1) is 18.1. The predicted molar refractivity (Wildman–Crippen MR) is 110 cm³/mol. The molecule has 4 nitrogen and oxygen atoms in total. The Bertz CT molecular complexity index is 1090. The number of amides is 1. The van der Waals surface area contributed by atoms with Crippen LogP contribution in [0.5, 0.6) is 0 Å². The van der Waals surface area contributed by atoms with E-state index in [1.807, 2.05) is 24.5 Å². The number of aromatic nitrogens is 2. The highest BCUT2D eigenvalue weighted by Crippen LogP contribution is 2.63. The van der Waals surface area contributed by atoms with Crippen molar-refractivity contribution < 1.29 is 9.18 Å². The number of hydrogen-bond acceptors (Lipinski definition) is 3. The molecule has 2 saturated carbocycles. The van der Waals surface area contributed by atoms with E-state index in [4.69, 9.17) is 0 Å². The summed E-state index contributed by atoms with van der Waals surface area (Å²) in [7, 11) is 0. The minimum Gasteiger partial charge on any atom is -0.334 e. The van der Waals surface area contributed by atoms with Crippen molar-refractivity contribution in [3.63, 3.8) is 0 Å². The number of rotatable bonds is 1. The summed E-state index contributed by atoms with van der Waals surface area (Å²) in [6.45, 7) is 2.95. The standard InChI is InChI=1S/C25H24FN3O/c1-16-14-29(23(30)24-6-8-25(26,15-24)9-7-24)22-19-13-28-12-18(21(19)20(16)22)5-4-17-3-2-10-27-11-17/h2-3,10-13,16,20,22H,6-9,14-15H2,1H3/t16-,20?,22+,24?,25?/m0/s1. The van der Waals surface area contributed by atoms with Crippen molar-refractivity contribution in [1.29, 1.82) is 0 Å². The third-order valence-electron chi connectivity index (χ3n) is 7.92. The van der Waals surface area contributed by atoms with Crippen molar-refractivity contribution in [1.82, 2.24) is 14.9 Å². The molecular weight excluding hydrogens is 377 g/mol. The zero-order valence-electron chi connectivity index (χ0n) is 17.1. The SMILES string of the molecule is C[C@H]1CN(C(=O)C23CCC(F)(CC2)C3)[C@@H]2c3cncc(C#Cc4cccnc4)c3C21. The number of carbonyl (C=O) groups excluding carboxylic acids is 1. The molecule has 2 aromatic rings.